The lowest BCUT2D eigenvalue weighted by Gasteiger charge is -2.13. The van der Waals surface area contributed by atoms with Crippen LogP contribution in [0.25, 0.3) is 116 Å². The molecule has 13 aromatic rings. The summed E-state index contributed by atoms with van der Waals surface area (Å²) in [6, 6.07) is 76.6. The summed E-state index contributed by atoms with van der Waals surface area (Å²) in [6.07, 6.45) is 0. The van der Waals surface area contributed by atoms with Crippen LogP contribution in [0.1, 0.15) is 0 Å². The summed E-state index contributed by atoms with van der Waals surface area (Å²) < 4.78 is 13.7. The van der Waals surface area contributed by atoms with Crippen LogP contribution in [0.4, 0.5) is 0 Å². The van der Waals surface area contributed by atoms with Crippen LogP contribution in [0.5, 0.6) is 0 Å². The average Bonchev–Trinajstić information content (AvgIpc) is 4.05. The maximum atomic E-state index is 6.64. The van der Waals surface area contributed by atoms with E-state index in [4.69, 9.17) is 4.42 Å². The topological polar surface area (TPSA) is 27.9 Å². The Morgan fingerprint density at radius 2 is 0.800 bits per heavy atom. The molecule has 0 bridgehead atoms. The maximum Gasteiger partial charge on any atom is 0.213 e. The van der Waals surface area contributed by atoms with Gasteiger partial charge in [0.1, 0.15) is 5.58 Å². The summed E-state index contributed by atoms with van der Waals surface area (Å²) in [4.78, 5) is 0. The molecular weight excluding hydrogens is 731 g/mol. The minimum absolute atomic E-state index is 0.863. The van der Waals surface area contributed by atoms with Crippen LogP contribution in [-0.2, 0) is 0 Å². The smallest absolute Gasteiger partial charge is 0.213 e. The summed E-state index contributed by atoms with van der Waals surface area (Å²) in [6.45, 7) is 0. The predicted molar refractivity (Wildman–Crippen MR) is 250 cm³/mol. The molecule has 4 heteroatoms. The molecule has 0 spiro atoms. The Hall–Kier alpha value is -8.08. The van der Waals surface area contributed by atoms with Crippen molar-refractivity contribution in [2.45, 2.75) is 0 Å². The van der Waals surface area contributed by atoms with E-state index in [-0.39, 0.29) is 0 Å². The molecule has 0 saturated heterocycles. The summed E-state index contributed by atoms with van der Waals surface area (Å²) >= 11 is 0. The van der Waals surface area contributed by atoms with Gasteiger partial charge in [-0.05, 0) is 101 Å². The van der Waals surface area contributed by atoms with E-state index in [1.165, 1.54) is 54.6 Å². The Morgan fingerprint density at radius 3 is 1.53 bits per heavy atom. The van der Waals surface area contributed by atoms with Crippen LogP contribution in [0, 0.1) is 0 Å². The van der Waals surface area contributed by atoms with Crippen LogP contribution in [0.2, 0.25) is 0 Å². The van der Waals surface area contributed by atoms with Crippen LogP contribution in [0.15, 0.2) is 217 Å². The number of hydrogen-bond acceptors (Lipinski definition) is 1. The van der Waals surface area contributed by atoms with Crippen molar-refractivity contribution in [3.8, 4) is 39.3 Å². The van der Waals surface area contributed by atoms with E-state index >= 15 is 0 Å². The number of rotatable bonds is 5. The molecule has 0 saturated carbocycles. The van der Waals surface area contributed by atoms with Gasteiger partial charge in [-0.2, -0.15) is 0 Å². The van der Waals surface area contributed by atoms with Gasteiger partial charge in [0.2, 0.25) is 5.71 Å². The number of fused-ring (bicyclic) bond motifs is 11. The van der Waals surface area contributed by atoms with Gasteiger partial charge in [-0.15, -0.1) is 0 Å². The monoisotopic (exact) mass is 765 g/mol. The molecule has 0 radical (unpaired) electrons. The first kappa shape index (κ1) is 32.9. The van der Waals surface area contributed by atoms with Gasteiger partial charge < -0.3 is 13.6 Å². The van der Waals surface area contributed by atoms with Crippen LogP contribution in [-0.4, -0.2) is 13.7 Å². The van der Waals surface area contributed by atoms with Gasteiger partial charge in [0.05, 0.1) is 33.0 Å². The van der Waals surface area contributed by atoms with Crippen molar-refractivity contribution >= 4 is 76.6 Å². The molecule has 4 nitrogen and oxygen atoms in total. The zero-order valence-electron chi connectivity index (χ0n) is 32.5. The molecule has 0 N–H and O–H groups in total. The molecule has 0 fully saturated rings. The minimum Gasteiger partial charge on any atom is -0.439 e. The lowest BCUT2D eigenvalue weighted by Crippen LogP contribution is -1.96. The molecule has 0 aliphatic heterocycles. The Kier molecular flexibility index (Phi) is 6.98. The summed E-state index contributed by atoms with van der Waals surface area (Å²) in [5.41, 5.74) is 15.7. The van der Waals surface area contributed by atoms with Crippen molar-refractivity contribution in [3.05, 3.63) is 212 Å². The normalized spacial score (nSPS) is 12.0. The first-order chi connectivity index (χ1) is 29.8. The van der Waals surface area contributed by atoms with Gasteiger partial charge >= 0.3 is 0 Å². The third-order valence-electron chi connectivity index (χ3n) is 12.4. The first-order valence-corrected chi connectivity index (χ1v) is 20.5. The quantitative estimate of drug-likeness (QED) is 0.171. The number of para-hydroxylation sites is 5. The lowest BCUT2D eigenvalue weighted by molar-refractivity contribution is 0.645. The molecule has 0 atom stereocenters. The average molecular weight is 766 g/mol. The third kappa shape index (κ3) is 4.73. The Labute approximate surface area is 345 Å². The van der Waals surface area contributed by atoms with E-state index in [9.17, 15) is 0 Å². The molecule has 13 rings (SSSR count). The van der Waals surface area contributed by atoms with Crippen molar-refractivity contribution in [2.75, 3.05) is 0 Å². The first-order valence-electron chi connectivity index (χ1n) is 20.5. The number of furan rings is 1. The zero-order chi connectivity index (χ0) is 39.3. The molecule has 0 unspecified atom stereocenters. The molecule has 280 valence electrons. The zero-order valence-corrected chi connectivity index (χ0v) is 32.5. The molecular formula is C56H35N3O. The van der Waals surface area contributed by atoms with E-state index in [1.807, 2.05) is 6.07 Å². The van der Waals surface area contributed by atoms with Crippen molar-refractivity contribution in [1.82, 2.24) is 13.7 Å². The third-order valence-corrected chi connectivity index (χ3v) is 12.4. The minimum atomic E-state index is 0.863. The maximum absolute atomic E-state index is 6.64. The molecule has 0 aliphatic rings. The second-order valence-electron chi connectivity index (χ2n) is 15.7. The van der Waals surface area contributed by atoms with E-state index in [0.29, 0.717) is 0 Å². The van der Waals surface area contributed by atoms with Crippen LogP contribution < -0.4 is 0 Å². The number of benzene rings is 9. The van der Waals surface area contributed by atoms with Gasteiger partial charge in [-0.25, -0.2) is 0 Å². The molecule has 4 heterocycles. The molecule has 0 amide bonds. The summed E-state index contributed by atoms with van der Waals surface area (Å²) in [7, 11) is 0. The predicted octanol–water partition coefficient (Wildman–Crippen LogP) is 15.1. The standard InChI is InChI=1S/C56H35N3O/c1-2-18-39(19-3-1)59-52-29-14-25-42(54(52)55-46-24-7-11-30-53(46)60-56(55)59)38-17-12-15-36(33-38)37-16-13-20-40(34-37)57-50-28-10-6-23-45(50)47-35-41(31-32-51(47)57)58-48-26-8-4-21-43(48)44-22-5-9-27-49(44)58/h1-35H. The van der Waals surface area contributed by atoms with E-state index in [0.717, 1.165) is 61.3 Å². The number of nitrogens with zero attached hydrogens (tertiary/aromatic N) is 3. The highest BCUT2D eigenvalue weighted by molar-refractivity contribution is 6.24. The number of aromatic nitrogens is 3. The van der Waals surface area contributed by atoms with Crippen molar-refractivity contribution in [2.24, 2.45) is 0 Å². The molecule has 4 aromatic heterocycles. The Morgan fingerprint density at radius 1 is 0.283 bits per heavy atom. The summed E-state index contributed by atoms with van der Waals surface area (Å²) in [5, 5.41) is 8.45. The van der Waals surface area contributed by atoms with Gasteiger partial charge in [0, 0.05) is 49.4 Å². The second kappa shape index (κ2) is 12.7. The van der Waals surface area contributed by atoms with Crippen LogP contribution in [0.3, 0.4) is 0 Å². The van der Waals surface area contributed by atoms with Gasteiger partial charge in [-0.1, -0.05) is 133 Å². The van der Waals surface area contributed by atoms with Crippen molar-refractivity contribution in [3.63, 3.8) is 0 Å². The largest absolute Gasteiger partial charge is 0.439 e. The SMILES string of the molecule is c1ccc(-n2c3cccc(-c4cccc(-c5cccc(-n6c7ccccc7c7cc(-n8c9ccccc9c9ccccc98)ccc76)c5)c4)c3c3c4ccccc4oc32)cc1. The van der Waals surface area contributed by atoms with Crippen molar-refractivity contribution in [1.29, 1.82) is 0 Å². The molecule has 60 heavy (non-hydrogen) atoms. The van der Waals surface area contributed by atoms with Gasteiger partial charge in [0.15, 0.2) is 0 Å². The Bertz CT molecular complexity index is 3790. The van der Waals surface area contributed by atoms with Gasteiger partial charge in [0.25, 0.3) is 0 Å². The summed E-state index contributed by atoms with van der Waals surface area (Å²) in [5.74, 6) is 0. The molecule has 9 aromatic carbocycles. The van der Waals surface area contributed by atoms with E-state index in [2.05, 4.69) is 220 Å². The highest BCUT2D eigenvalue weighted by Crippen LogP contribution is 2.44. The fourth-order valence-corrected chi connectivity index (χ4v) is 9.87. The molecule has 0 aliphatic carbocycles. The fraction of sp³-hybridized carbons (Fsp3) is 0. The highest BCUT2D eigenvalue weighted by atomic mass is 16.3. The van der Waals surface area contributed by atoms with Gasteiger partial charge in [-0.3, -0.25) is 4.57 Å². The van der Waals surface area contributed by atoms with E-state index in [1.54, 1.807) is 0 Å². The highest BCUT2D eigenvalue weighted by Gasteiger charge is 2.22. The second-order valence-corrected chi connectivity index (χ2v) is 15.7. The number of hydrogen-bond donors (Lipinski definition) is 0. The van der Waals surface area contributed by atoms with Crippen LogP contribution >= 0.6 is 0 Å². The van der Waals surface area contributed by atoms with E-state index < -0.39 is 0 Å². The lowest BCUT2D eigenvalue weighted by atomic mass is 9.95. The fourth-order valence-electron chi connectivity index (χ4n) is 9.87. The van der Waals surface area contributed by atoms with Crippen molar-refractivity contribution < 1.29 is 4.42 Å². The Balaban J connectivity index is 0.965.